The molecular formula is C24H26N6O. The Labute approximate surface area is 181 Å². The van der Waals surface area contributed by atoms with Gasteiger partial charge < -0.3 is 19.5 Å². The molecule has 1 aliphatic heterocycles. The van der Waals surface area contributed by atoms with Gasteiger partial charge in [-0.05, 0) is 31.0 Å². The molecule has 158 valence electrons. The van der Waals surface area contributed by atoms with E-state index in [4.69, 9.17) is 9.72 Å². The fourth-order valence-electron chi connectivity index (χ4n) is 4.87. The number of nitrogens with one attached hydrogen (secondary N) is 1. The molecule has 0 atom stereocenters. The minimum Gasteiger partial charge on any atom is -0.378 e. The van der Waals surface area contributed by atoms with Gasteiger partial charge in [-0.3, -0.25) is 0 Å². The van der Waals surface area contributed by atoms with Crippen molar-refractivity contribution < 1.29 is 4.74 Å². The van der Waals surface area contributed by atoms with Gasteiger partial charge in [-0.1, -0.05) is 25.0 Å². The Morgan fingerprint density at radius 1 is 0.903 bits per heavy atom. The smallest absolute Gasteiger partial charge is 0.228 e. The summed E-state index contributed by atoms with van der Waals surface area (Å²) in [6, 6.07) is 11.1. The van der Waals surface area contributed by atoms with Crippen molar-refractivity contribution in [2.75, 3.05) is 36.5 Å². The van der Waals surface area contributed by atoms with Gasteiger partial charge in [-0.25, -0.2) is 15.0 Å². The minimum atomic E-state index is 0.573. The number of hydrogen-bond donors (Lipinski definition) is 1. The molecule has 2 aliphatic rings. The van der Waals surface area contributed by atoms with E-state index in [0.29, 0.717) is 12.0 Å². The van der Waals surface area contributed by atoms with Gasteiger partial charge in [0.2, 0.25) is 5.95 Å². The SMILES string of the molecule is c1cc(Nc2ncc3ccc4ccn(C5CCCC5)c4c3n2)ncc1N1CCOCC1. The lowest BCUT2D eigenvalue weighted by Gasteiger charge is -2.28. The maximum Gasteiger partial charge on any atom is 0.228 e. The predicted molar refractivity (Wildman–Crippen MR) is 123 cm³/mol. The molecule has 3 aromatic heterocycles. The van der Waals surface area contributed by atoms with Gasteiger partial charge in [-0.2, -0.15) is 0 Å². The third kappa shape index (κ3) is 3.49. The van der Waals surface area contributed by atoms with E-state index >= 15 is 0 Å². The van der Waals surface area contributed by atoms with Crippen molar-refractivity contribution in [2.24, 2.45) is 0 Å². The molecule has 6 rings (SSSR count). The van der Waals surface area contributed by atoms with E-state index in [1.165, 1.54) is 36.6 Å². The van der Waals surface area contributed by atoms with Gasteiger partial charge in [-0.15, -0.1) is 0 Å². The quantitative estimate of drug-likeness (QED) is 0.523. The zero-order valence-electron chi connectivity index (χ0n) is 17.5. The van der Waals surface area contributed by atoms with Crippen LogP contribution in [0.25, 0.3) is 21.8 Å². The number of morpholine rings is 1. The molecule has 1 saturated carbocycles. The van der Waals surface area contributed by atoms with Crippen LogP contribution >= 0.6 is 0 Å². The van der Waals surface area contributed by atoms with Crippen LogP contribution in [0.3, 0.4) is 0 Å². The van der Waals surface area contributed by atoms with Crippen LogP contribution in [-0.2, 0) is 4.74 Å². The number of ether oxygens (including phenoxy) is 1. The second kappa shape index (κ2) is 7.81. The van der Waals surface area contributed by atoms with E-state index in [1.807, 2.05) is 18.5 Å². The number of benzene rings is 1. The Hall–Kier alpha value is -3.19. The number of hydrogen-bond acceptors (Lipinski definition) is 6. The second-order valence-electron chi connectivity index (χ2n) is 8.42. The molecule has 1 aromatic carbocycles. The Morgan fingerprint density at radius 3 is 2.55 bits per heavy atom. The van der Waals surface area contributed by atoms with Gasteiger partial charge in [0.05, 0.1) is 30.6 Å². The fraction of sp³-hybridized carbons (Fsp3) is 0.375. The maximum absolute atomic E-state index is 5.43. The van der Waals surface area contributed by atoms with Crippen molar-refractivity contribution >= 4 is 39.3 Å². The van der Waals surface area contributed by atoms with Crippen LogP contribution in [0, 0.1) is 0 Å². The summed E-state index contributed by atoms with van der Waals surface area (Å²) in [6.07, 6.45) is 11.1. The summed E-state index contributed by atoms with van der Waals surface area (Å²) in [6.45, 7) is 3.34. The highest BCUT2D eigenvalue weighted by atomic mass is 16.5. The minimum absolute atomic E-state index is 0.573. The molecule has 0 bridgehead atoms. The van der Waals surface area contributed by atoms with Crippen molar-refractivity contribution in [1.82, 2.24) is 19.5 Å². The lowest BCUT2D eigenvalue weighted by molar-refractivity contribution is 0.122. The highest BCUT2D eigenvalue weighted by molar-refractivity contribution is 6.03. The summed E-state index contributed by atoms with van der Waals surface area (Å²) < 4.78 is 7.86. The van der Waals surface area contributed by atoms with Gasteiger partial charge in [0.25, 0.3) is 0 Å². The Morgan fingerprint density at radius 2 is 1.74 bits per heavy atom. The first-order valence-electron chi connectivity index (χ1n) is 11.2. The number of aromatic nitrogens is 4. The standard InChI is InChI=1S/C24H26N6O/c1-2-4-19(3-1)30-10-9-17-5-6-18-15-26-24(28-22(18)23(17)30)27-21-8-7-20(16-25-21)29-11-13-31-14-12-29/h5-10,15-16,19H,1-4,11-14H2,(H,25,26,27,28). The van der Waals surface area contributed by atoms with Crippen LogP contribution in [-0.4, -0.2) is 45.8 Å². The lowest BCUT2D eigenvalue weighted by Crippen LogP contribution is -2.36. The van der Waals surface area contributed by atoms with Gasteiger partial charge in [0.15, 0.2) is 0 Å². The average molecular weight is 415 g/mol. The molecule has 0 radical (unpaired) electrons. The van der Waals surface area contributed by atoms with Gasteiger partial charge in [0, 0.05) is 42.3 Å². The normalized spacial score (nSPS) is 17.6. The molecule has 7 heteroatoms. The predicted octanol–water partition coefficient (Wildman–Crippen LogP) is 4.67. The third-order valence-corrected chi connectivity index (χ3v) is 6.51. The maximum atomic E-state index is 5.43. The zero-order chi connectivity index (χ0) is 20.6. The molecular weight excluding hydrogens is 388 g/mol. The van der Waals surface area contributed by atoms with E-state index in [2.05, 4.69) is 55.2 Å². The summed E-state index contributed by atoms with van der Waals surface area (Å²) in [5, 5.41) is 5.58. The number of pyridine rings is 1. The number of fused-ring (bicyclic) bond motifs is 3. The Balaban J connectivity index is 1.31. The fourth-order valence-corrected chi connectivity index (χ4v) is 4.87. The van der Waals surface area contributed by atoms with E-state index < -0.39 is 0 Å². The van der Waals surface area contributed by atoms with Crippen molar-refractivity contribution in [3.05, 3.63) is 48.9 Å². The molecule has 7 nitrogen and oxygen atoms in total. The summed E-state index contributed by atoms with van der Waals surface area (Å²) in [5.74, 6) is 1.32. The largest absolute Gasteiger partial charge is 0.378 e. The topological polar surface area (TPSA) is 68.1 Å². The lowest BCUT2D eigenvalue weighted by atomic mass is 10.1. The molecule has 31 heavy (non-hydrogen) atoms. The first-order chi connectivity index (χ1) is 15.3. The Bertz CT molecular complexity index is 1210. The van der Waals surface area contributed by atoms with E-state index in [0.717, 1.165) is 48.7 Å². The van der Waals surface area contributed by atoms with E-state index in [1.54, 1.807) is 0 Å². The molecule has 1 N–H and O–H groups in total. The average Bonchev–Trinajstić information content (AvgIpc) is 3.50. The molecule has 1 aliphatic carbocycles. The summed E-state index contributed by atoms with van der Waals surface area (Å²) in [4.78, 5) is 16.3. The van der Waals surface area contributed by atoms with E-state index in [-0.39, 0.29) is 0 Å². The van der Waals surface area contributed by atoms with Crippen LogP contribution in [0.4, 0.5) is 17.5 Å². The number of anilines is 3. The number of rotatable bonds is 4. The molecule has 0 spiro atoms. The monoisotopic (exact) mass is 414 g/mol. The van der Waals surface area contributed by atoms with Crippen molar-refractivity contribution in [3.63, 3.8) is 0 Å². The molecule has 0 amide bonds. The molecule has 2 fully saturated rings. The summed E-state index contributed by atoms with van der Waals surface area (Å²) in [7, 11) is 0. The first-order valence-corrected chi connectivity index (χ1v) is 11.2. The summed E-state index contributed by atoms with van der Waals surface area (Å²) >= 11 is 0. The molecule has 4 heterocycles. The van der Waals surface area contributed by atoms with Gasteiger partial charge >= 0.3 is 0 Å². The molecule has 4 aromatic rings. The highest BCUT2D eigenvalue weighted by Crippen LogP contribution is 2.35. The van der Waals surface area contributed by atoms with E-state index in [9.17, 15) is 0 Å². The van der Waals surface area contributed by atoms with Crippen molar-refractivity contribution in [2.45, 2.75) is 31.7 Å². The van der Waals surface area contributed by atoms with Crippen LogP contribution < -0.4 is 10.2 Å². The molecule has 0 unspecified atom stereocenters. The Kier molecular flexibility index (Phi) is 4.68. The van der Waals surface area contributed by atoms with Crippen LogP contribution in [0.5, 0.6) is 0 Å². The van der Waals surface area contributed by atoms with Crippen LogP contribution in [0.1, 0.15) is 31.7 Å². The number of nitrogens with zero attached hydrogens (tertiary/aromatic N) is 5. The molecule has 1 saturated heterocycles. The van der Waals surface area contributed by atoms with Crippen LogP contribution in [0.2, 0.25) is 0 Å². The third-order valence-electron chi connectivity index (χ3n) is 6.51. The zero-order valence-corrected chi connectivity index (χ0v) is 17.5. The second-order valence-corrected chi connectivity index (χ2v) is 8.42. The van der Waals surface area contributed by atoms with Crippen LogP contribution in [0.15, 0.2) is 48.9 Å². The summed E-state index contributed by atoms with van der Waals surface area (Å²) in [5.41, 5.74) is 3.33. The first kappa shape index (κ1) is 18.6. The highest BCUT2D eigenvalue weighted by Gasteiger charge is 2.20. The van der Waals surface area contributed by atoms with Crippen molar-refractivity contribution in [3.8, 4) is 0 Å². The van der Waals surface area contributed by atoms with Gasteiger partial charge in [0.1, 0.15) is 11.3 Å². The van der Waals surface area contributed by atoms with Crippen molar-refractivity contribution in [1.29, 1.82) is 0 Å².